The molecule has 12 nitrogen and oxygen atoms in total. The van der Waals surface area contributed by atoms with Crippen LogP contribution in [0.15, 0.2) is 24.3 Å². The van der Waals surface area contributed by atoms with Crippen LogP contribution in [0.5, 0.6) is 23.0 Å². The smallest absolute Gasteiger partial charge is 0.680 e. The molecule has 2 aromatic heterocycles. The molecule has 0 saturated heterocycles. The number of ether oxygens (including phenoxy) is 4. The standard InChI is InChI=1S/C41H59N6O4.2CH4N.CH3.2H3P.Ru/c1-6-10-14-18-22-48-34-26-30-31(27-35(34)49-23-19-15-11-7-2)40-41(47(5)46-44-40)33-29-37(51-25-21-17-13-9-4)36(50-24-20-16-12-8-3)28-32(33)39-38(30)42-45-43-39;2*1-2;;;;/h26-29H,6-25H2,1-5H3;2*2H,1H3;3*1H3;/q4*-1;;;+4. The zero-order valence-electron chi connectivity index (χ0n) is 37.5. The Labute approximate surface area is 376 Å². The van der Waals surface area contributed by atoms with Crippen LogP contribution in [0.4, 0.5) is 0 Å². The van der Waals surface area contributed by atoms with Gasteiger partial charge in [0.15, 0.2) is 23.0 Å². The average Bonchev–Trinajstić information content (AvgIpc) is 3.85. The van der Waals surface area contributed by atoms with Gasteiger partial charge >= 0.3 is 19.5 Å². The molecule has 0 fully saturated rings. The minimum absolute atomic E-state index is 0. The summed E-state index contributed by atoms with van der Waals surface area (Å²) in [6.45, 7) is 11.3. The number of rotatable bonds is 24. The quantitative estimate of drug-likeness (QED) is 0.0254. The fourth-order valence-corrected chi connectivity index (χ4v) is 6.61. The molecule has 2 unspecified atom stereocenters. The van der Waals surface area contributed by atoms with Crippen LogP contribution >= 0.6 is 19.8 Å². The molecular weight excluding hydrogens is 868 g/mol. The largest absolute Gasteiger partial charge is 4.00 e. The van der Waals surface area contributed by atoms with Crippen molar-refractivity contribution in [2.24, 2.45) is 7.05 Å². The third-order valence-corrected chi connectivity index (χ3v) is 9.55. The second-order valence-corrected chi connectivity index (χ2v) is 13.7. The Kier molecular flexibility index (Phi) is 33.6. The van der Waals surface area contributed by atoms with Crippen LogP contribution in [0.3, 0.4) is 0 Å². The van der Waals surface area contributed by atoms with Crippen molar-refractivity contribution in [1.82, 2.24) is 30.4 Å². The third kappa shape index (κ3) is 17.0. The van der Waals surface area contributed by atoms with Crippen LogP contribution in [0.2, 0.25) is 0 Å². The van der Waals surface area contributed by atoms with Gasteiger partial charge in [0.2, 0.25) is 0 Å². The van der Waals surface area contributed by atoms with Crippen LogP contribution in [-0.2, 0) is 26.5 Å². The van der Waals surface area contributed by atoms with Gasteiger partial charge in [0.05, 0.1) is 32.1 Å². The Hall–Kier alpha value is -2.68. The summed E-state index contributed by atoms with van der Waals surface area (Å²) in [5.41, 5.74) is 17.9. The van der Waals surface area contributed by atoms with E-state index in [1.165, 1.54) is 65.5 Å². The molecule has 15 heteroatoms. The second kappa shape index (κ2) is 34.0. The number of aryl methyl sites for hydroxylation is 1. The normalized spacial score (nSPS) is 10.3. The van der Waals surface area contributed by atoms with E-state index in [-0.39, 0.29) is 46.7 Å². The maximum atomic E-state index is 6.48. The fourth-order valence-electron chi connectivity index (χ4n) is 6.61. The monoisotopic (exact) mass is 944 g/mol. The predicted molar refractivity (Wildman–Crippen MR) is 253 cm³/mol. The Bertz CT molecular complexity index is 1650. The molecule has 0 aliphatic heterocycles. The topological polar surface area (TPSA) is 155 Å². The van der Waals surface area contributed by atoms with E-state index in [1.54, 1.807) is 0 Å². The number of aromatic nitrogens is 6. The summed E-state index contributed by atoms with van der Waals surface area (Å²) in [5, 5.41) is 22.7. The number of hydrogen-bond acceptors (Lipinski definition) is 8. The molecule has 0 saturated carbocycles. The molecule has 59 heavy (non-hydrogen) atoms. The fraction of sp³-hybridized carbons (Fsp3) is 0.614. The molecule has 2 N–H and O–H groups in total. The third-order valence-electron chi connectivity index (χ3n) is 9.55. The van der Waals surface area contributed by atoms with Gasteiger partial charge in [-0.25, -0.2) is 4.68 Å². The maximum Gasteiger partial charge on any atom is 4.00 e. The molecule has 2 aromatic carbocycles. The molecule has 2 heterocycles. The van der Waals surface area contributed by atoms with Crippen LogP contribution in [-0.4, -0.2) is 65.8 Å². The summed E-state index contributed by atoms with van der Waals surface area (Å²) in [5.74, 6) is 2.82. The second-order valence-electron chi connectivity index (χ2n) is 13.7. The van der Waals surface area contributed by atoms with Gasteiger partial charge in [-0.15, -0.1) is 5.10 Å². The van der Waals surface area contributed by atoms with Crippen molar-refractivity contribution in [2.75, 3.05) is 40.5 Å². The van der Waals surface area contributed by atoms with Gasteiger partial charge in [-0.2, -0.15) is 33.9 Å². The molecule has 1 aliphatic carbocycles. The van der Waals surface area contributed by atoms with Crippen LogP contribution < -0.4 is 24.0 Å². The first-order valence-corrected chi connectivity index (χ1v) is 20.8. The van der Waals surface area contributed by atoms with Crippen molar-refractivity contribution in [3.05, 3.63) is 43.2 Å². The molecule has 0 bridgehead atoms. The van der Waals surface area contributed by atoms with Crippen LogP contribution in [0.1, 0.15) is 130 Å². The van der Waals surface area contributed by atoms with E-state index in [0.717, 1.165) is 85.0 Å². The number of fused-ring (bicyclic) bond motifs is 8. The van der Waals surface area contributed by atoms with E-state index in [1.807, 2.05) is 29.9 Å². The number of nitrogens with one attached hydrogen (secondary N) is 2. The molecule has 0 amide bonds. The number of benzene rings is 2. The van der Waals surface area contributed by atoms with E-state index in [0.29, 0.717) is 60.8 Å². The number of hydrogen-bond donors (Lipinski definition) is 0. The first kappa shape index (κ1) is 58.4. The van der Waals surface area contributed by atoms with Crippen molar-refractivity contribution in [3.63, 3.8) is 0 Å². The summed E-state index contributed by atoms with van der Waals surface area (Å²) in [4.78, 5) is 0. The molecule has 1 aliphatic rings. The maximum absolute atomic E-state index is 6.48. The van der Waals surface area contributed by atoms with E-state index in [2.05, 4.69) is 54.4 Å². The Morgan fingerprint density at radius 2 is 0.864 bits per heavy atom. The first-order chi connectivity index (χ1) is 27.1. The zero-order chi connectivity index (χ0) is 39.8. The summed E-state index contributed by atoms with van der Waals surface area (Å²) in [6, 6.07) is 8.20. The van der Waals surface area contributed by atoms with Crippen LogP contribution in [0, 0.1) is 7.43 Å². The van der Waals surface area contributed by atoms with Crippen molar-refractivity contribution < 1.29 is 38.4 Å². The molecule has 0 spiro atoms. The van der Waals surface area contributed by atoms with Gasteiger partial charge in [0.1, 0.15) is 5.69 Å². The van der Waals surface area contributed by atoms with Crippen LogP contribution in [0.25, 0.3) is 56.5 Å². The van der Waals surface area contributed by atoms with E-state index in [4.69, 9.17) is 35.5 Å². The Balaban J connectivity index is 0. The minimum Gasteiger partial charge on any atom is -0.680 e. The van der Waals surface area contributed by atoms with Gasteiger partial charge in [0, 0.05) is 18.2 Å². The van der Waals surface area contributed by atoms with Gasteiger partial charge in [-0.3, -0.25) is 5.21 Å². The predicted octanol–water partition coefficient (Wildman–Crippen LogP) is 12.3. The molecule has 0 radical (unpaired) electrons. The number of nitrogens with zero attached hydrogens (tertiary/aromatic N) is 6. The summed E-state index contributed by atoms with van der Waals surface area (Å²) < 4.78 is 27.7. The van der Waals surface area contributed by atoms with Crippen molar-refractivity contribution in [3.8, 4) is 68.0 Å². The van der Waals surface area contributed by atoms with Crippen molar-refractivity contribution in [1.29, 1.82) is 0 Å². The minimum atomic E-state index is 0. The Morgan fingerprint density at radius 3 is 1.25 bits per heavy atom. The summed E-state index contributed by atoms with van der Waals surface area (Å²) in [6.07, 6.45) is 17.9. The Morgan fingerprint density at radius 1 is 0.508 bits per heavy atom. The summed E-state index contributed by atoms with van der Waals surface area (Å²) in [7, 11) is 4.43. The number of unbranched alkanes of at least 4 members (excludes halogenated alkanes) is 12. The summed E-state index contributed by atoms with van der Waals surface area (Å²) >= 11 is 0. The van der Waals surface area contributed by atoms with Crippen molar-refractivity contribution >= 4 is 19.8 Å². The van der Waals surface area contributed by atoms with Gasteiger partial charge < -0.3 is 48.0 Å². The van der Waals surface area contributed by atoms with E-state index < -0.39 is 0 Å². The van der Waals surface area contributed by atoms with Crippen molar-refractivity contribution in [2.45, 2.75) is 130 Å². The first-order valence-electron chi connectivity index (χ1n) is 20.8. The zero-order valence-corrected chi connectivity index (χ0v) is 42.1. The van der Waals surface area contributed by atoms with Gasteiger partial charge in [0.25, 0.3) is 0 Å². The molecule has 5 rings (SSSR count). The molecule has 334 valence electrons. The molecule has 2 atom stereocenters. The molecule has 4 aromatic rings. The van der Waals surface area contributed by atoms with Gasteiger partial charge in [-0.05, 0) is 72.5 Å². The average molecular weight is 944 g/mol. The SMILES string of the molecule is CCCCCCOc1cc2c(cc1OCCCCCC)-c1c(nnn1C)-c1cc(OCCCCCC)c(OCCCCCC)cc1-c1[n-]nnc1-2.C[NH-].C[NH-].P.P.[CH3-].[Ru+4]. The molecular formula is C44H76N8O4P2Ru. The van der Waals surface area contributed by atoms with Gasteiger partial charge in [-0.1, -0.05) is 110 Å². The van der Waals surface area contributed by atoms with E-state index >= 15 is 0 Å². The van der Waals surface area contributed by atoms with E-state index in [9.17, 15) is 0 Å².